The van der Waals surface area contributed by atoms with E-state index in [1.165, 1.54) is 10.8 Å². The average molecular weight is 177 g/mol. The van der Waals surface area contributed by atoms with Crippen LogP contribution >= 0.6 is 11.6 Å². The molecular formula is C6H9ClN2O2. The second-order valence-electron chi connectivity index (χ2n) is 2.38. The van der Waals surface area contributed by atoms with E-state index in [-0.39, 0.29) is 12.2 Å². The third kappa shape index (κ3) is 1.85. The number of aromatic nitrogens is 2. The van der Waals surface area contributed by atoms with Crippen LogP contribution in [0.5, 0.6) is 0 Å². The normalized spacial score (nSPS) is 13.4. The first-order chi connectivity index (χ1) is 5.11. The molecule has 0 amide bonds. The van der Waals surface area contributed by atoms with Crippen molar-refractivity contribution in [3.63, 3.8) is 0 Å². The fraction of sp³-hybridized carbons (Fsp3) is 0.500. The summed E-state index contributed by atoms with van der Waals surface area (Å²) in [4.78, 5) is 13.3. The third-order valence-electron chi connectivity index (χ3n) is 1.26. The molecular weight excluding hydrogens is 168 g/mol. The monoisotopic (exact) mass is 176 g/mol. The van der Waals surface area contributed by atoms with Gasteiger partial charge in [0, 0.05) is 6.20 Å². The van der Waals surface area contributed by atoms with Crippen LogP contribution in [0, 0.1) is 0 Å². The lowest BCUT2D eigenvalue weighted by Gasteiger charge is -2.03. The van der Waals surface area contributed by atoms with Gasteiger partial charge in [0.15, 0.2) is 0 Å². The molecule has 1 rings (SSSR count). The van der Waals surface area contributed by atoms with E-state index in [1.807, 2.05) is 0 Å². The number of aliphatic hydroxyl groups is 1. The maximum atomic E-state index is 10.9. The lowest BCUT2D eigenvalue weighted by molar-refractivity contribution is 0.172. The standard InChI is InChI=1S/C6H9ClN2O2/c1-4(10)3-9-5(7)2-8-6(9)11/h2,4,10H,3H2,1H3,(H,8,11). The van der Waals surface area contributed by atoms with Gasteiger partial charge in [-0.3, -0.25) is 4.57 Å². The van der Waals surface area contributed by atoms with Gasteiger partial charge in [-0.1, -0.05) is 11.6 Å². The highest BCUT2D eigenvalue weighted by Crippen LogP contribution is 2.03. The van der Waals surface area contributed by atoms with Crippen LogP contribution in [0.1, 0.15) is 6.92 Å². The first-order valence-electron chi connectivity index (χ1n) is 3.23. The lowest BCUT2D eigenvalue weighted by Crippen LogP contribution is -2.22. The number of rotatable bonds is 2. The van der Waals surface area contributed by atoms with Crippen LogP contribution in [-0.2, 0) is 6.54 Å². The maximum absolute atomic E-state index is 10.9. The zero-order valence-corrected chi connectivity index (χ0v) is 6.80. The van der Waals surface area contributed by atoms with Crippen molar-refractivity contribution in [3.05, 3.63) is 21.8 Å². The van der Waals surface area contributed by atoms with Crippen molar-refractivity contribution in [2.24, 2.45) is 0 Å². The van der Waals surface area contributed by atoms with Gasteiger partial charge in [-0.15, -0.1) is 0 Å². The van der Waals surface area contributed by atoms with Crippen LogP contribution in [-0.4, -0.2) is 20.8 Å². The first-order valence-corrected chi connectivity index (χ1v) is 3.61. The molecule has 1 aromatic heterocycles. The van der Waals surface area contributed by atoms with Crippen LogP contribution in [0.25, 0.3) is 0 Å². The van der Waals surface area contributed by atoms with Crippen LogP contribution in [0.15, 0.2) is 11.0 Å². The molecule has 0 fully saturated rings. The van der Waals surface area contributed by atoms with Gasteiger partial charge in [0.25, 0.3) is 0 Å². The smallest absolute Gasteiger partial charge is 0.326 e. The van der Waals surface area contributed by atoms with Crippen molar-refractivity contribution < 1.29 is 5.11 Å². The Bertz CT molecular complexity index is 289. The van der Waals surface area contributed by atoms with Gasteiger partial charge in [-0.25, -0.2) is 4.79 Å². The fourth-order valence-electron chi connectivity index (χ4n) is 0.808. The van der Waals surface area contributed by atoms with Gasteiger partial charge < -0.3 is 10.1 Å². The molecule has 0 radical (unpaired) electrons. The second kappa shape index (κ2) is 3.11. The minimum atomic E-state index is -0.569. The third-order valence-corrected chi connectivity index (χ3v) is 1.58. The molecule has 1 aromatic rings. The molecule has 1 heterocycles. The Morgan fingerprint density at radius 3 is 2.91 bits per heavy atom. The van der Waals surface area contributed by atoms with Crippen molar-refractivity contribution >= 4 is 11.6 Å². The number of aromatic amines is 1. The summed E-state index contributed by atoms with van der Waals surface area (Å²) < 4.78 is 1.27. The van der Waals surface area contributed by atoms with E-state index in [0.717, 1.165) is 0 Å². The van der Waals surface area contributed by atoms with Gasteiger partial charge >= 0.3 is 5.69 Å². The minimum absolute atomic E-state index is 0.223. The number of nitrogens with zero attached hydrogens (tertiary/aromatic N) is 1. The molecule has 0 aliphatic heterocycles. The van der Waals surface area contributed by atoms with Crippen LogP contribution < -0.4 is 5.69 Å². The summed E-state index contributed by atoms with van der Waals surface area (Å²) in [5.74, 6) is 0. The highest BCUT2D eigenvalue weighted by atomic mass is 35.5. The highest BCUT2D eigenvalue weighted by molar-refractivity contribution is 6.29. The van der Waals surface area contributed by atoms with Gasteiger partial charge in [-0.05, 0) is 6.92 Å². The lowest BCUT2D eigenvalue weighted by atomic mass is 10.4. The number of hydrogen-bond donors (Lipinski definition) is 2. The molecule has 0 bridgehead atoms. The van der Waals surface area contributed by atoms with Gasteiger partial charge in [0.2, 0.25) is 0 Å². The number of nitrogens with one attached hydrogen (secondary N) is 1. The van der Waals surface area contributed by atoms with E-state index in [2.05, 4.69) is 4.98 Å². The Kier molecular flexibility index (Phi) is 2.36. The molecule has 0 aromatic carbocycles. The molecule has 4 nitrogen and oxygen atoms in total. The number of H-pyrrole nitrogens is 1. The molecule has 0 spiro atoms. The van der Waals surface area contributed by atoms with Crippen LogP contribution in [0.3, 0.4) is 0 Å². The summed E-state index contributed by atoms with van der Waals surface area (Å²) in [6.07, 6.45) is 0.827. The predicted octanol–water partition coefficient (Wildman–Crippen LogP) is 0.211. The quantitative estimate of drug-likeness (QED) is 0.677. The molecule has 5 heteroatoms. The minimum Gasteiger partial charge on any atom is -0.392 e. The second-order valence-corrected chi connectivity index (χ2v) is 2.76. The summed E-state index contributed by atoms with van der Waals surface area (Å²) in [5.41, 5.74) is -0.295. The van der Waals surface area contributed by atoms with E-state index in [9.17, 15) is 4.79 Å². The largest absolute Gasteiger partial charge is 0.392 e. The average Bonchev–Trinajstić information content (AvgIpc) is 2.18. The van der Waals surface area contributed by atoms with Gasteiger partial charge in [-0.2, -0.15) is 0 Å². The van der Waals surface area contributed by atoms with Crippen molar-refractivity contribution in [2.45, 2.75) is 19.6 Å². The van der Waals surface area contributed by atoms with E-state index < -0.39 is 6.10 Å². The van der Waals surface area contributed by atoms with E-state index >= 15 is 0 Å². The van der Waals surface area contributed by atoms with E-state index in [0.29, 0.717) is 5.15 Å². The van der Waals surface area contributed by atoms with Gasteiger partial charge in [0.05, 0.1) is 12.6 Å². The number of imidazole rings is 1. The molecule has 0 saturated heterocycles. The Labute approximate surface area is 68.4 Å². The van der Waals surface area contributed by atoms with E-state index in [4.69, 9.17) is 16.7 Å². The molecule has 2 N–H and O–H groups in total. The molecule has 0 aliphatic carbocycles. The highest BCUT2D eigenvalue weighted by Gasteiger charge is 2.05. The summed E-state index contributed by atoms with van der Waals surface area (Å²) >= 11 is 5.61. The number of hydrogen-bond acceptors (Lipinski definition) is 2. The fourth-order valence-corrected chi connectivity index (χ4v) is 1.01. The number of aliphatic hydroxyl groups excluding tert-OH is 1. The zero-order chi connectivity index (χ0) is 8.43. The maximum Gasteiger partial charge on any atom is 0.326 e. The summed E-state index contributed by atoms with van der Waals surface area (Å²) in [7, 11) is 0. The Morgan fingerprint density at radius 1 is 1.91 bits per heavy atom. The van der Waals surface area contributed by atoms with E-state index in [1.54, 1.807) is 6.92 Å². The summed E-state index contributed by atoms with van der Waals surface area (Å²) in [6.45, 7) is 1.82. The molecule has 1 atom stereocenters. The summed E-state index contributed by atoms with van der Waals surface area (Å²) in [5, 5.41) is 9.26. The summed E-state index contributed by atoms with van der Waals surface area (Å²) in [6, 6.07) is 0. The SMILES string of the molecule is CC(O)Cn1c(Cl)c[nH]c1=O. The first kappa shape index (κ1) is 8.36. The molecule has 0 aliphatic rings. The van der Waals surface area contributed by atoms with Crippen molar-refractivity contribution in [2.75, 3.05) is 0 Å². The molecule has 11 heavy (non-hydrogen) atoms. The van der Waals surface area contributed by atoms with Crippen molar-refractivity contribution in [1.82, 2.24) is 9.55 Å². The van der Waals surface area contributed by atoms with Crippen molar-refractivity contribution in [1.29, 1.82) is 0 Å². The zero-order valence-electron chi connectivity index (χ0n) is 6.04. The Morgan fingerprint density at radius 2 is 2.55 bits per heavy atom. The molecule has 62 valence electrons. The van der Waals surface area contributed by atoms with Gasteiger partial charge in [0.1, 0.15) is 5.15 Å². The Hall–Kier alpha value is -0.740. The van der Waals surface area contributed by atoms with Crippen molar-refractivity contribution in [3.8, 4) is 0 Å². The predicted molar refractivity (Wildman–Crippen MR) is 41.7 cm³/mol. The Balaban J connectivity index is 2.92. The van der Waals surface area contributed by atoms with Crippen LogP contribution in [0.2, 0.25) is 5.15 Å². The van der Waals surface area contributed by atoms with Crippen LogP contribution in [0.4, 0.5) is 0 Å². The topological polar surface area (TPSA) is 58.0 Å². The molecule has 1 unspecified atom stereocenters. The number of halogens is 1. The molecule has 0 saturated carbocycles.